The summed E-state index contributed by atoms with van der Waals surface area (Å²) in [6, 6.07) is 0.568. The molecule has 0 spiro atoms. The second kappa shape index (κ2) is 5.36. The van der Waals surface area contributed by atoms with Crippen molar-refractivity contribution in [2.45, 2.75) is 57.7 Å². The average Bonchev–Trinajstić information content (AvgIpc) is 2.81. The average molecular weight is 239 g/mol. The normalized spacial score (nSPS) is 30.6. The molecule has 0 aliphatic carbocycles. The van der Waals surface area contributed by atoms with Crippen molar-refractivity contribution < 1.29 is 4.79 Å². The van der Waals surface area contributed by atoms with Gasteiger partial charge in [0, 0.05) is 18.6 Å². The Labute approximate surface area is 104 Å². The van der Waals surface area contributed by atoms with Crippen LogP contribution in [0.4, 0.5) is 0 Å². The number of carbonyl (C=O) groups excluding carboxylic acids is 1. The zero-order valence-electron chi connectivity index (χ0n) is 11.0. The maximum Gasteiger partial charge on any atom is 0.237 e. The van der Waals surface area contributed by atoms with Crippen LogP contribution in [0, 0.1) is 5.92 Å². The second-order valence-corrected chi connectivity index (χ2v) is 5.89. The number of nitrogens with zero attached hydrogens (tertiary/aromatic N) is 1. The van der Waals surface area contributed by atoms with Gasteiger partial charge in [0.05, 0.1) is 6.04 Å². The van der Waals surface area contributed by atoms with E-state index in [9.17, 15) is 4.79 Å². The van der Waals surface area contributed by atoms with E-state index in [0.717, 1.165) is 19.4 Å². The summed E-state index contributed by atoms with van der Waals surface area (Å²) >= 11 is 0. The molecule has 2 aliphatic rings. The number of hydrogen-bond donors (Lipinski definition) is 2. The Morgan fingerprint density at radius 2 is 2.18 bits per heavy atom. The van der Waals surface area contributed by atoms with Gasteiger partial charge in [-0.15, -0.1) is 0 Å². The Bertz CT molecular complexity index is 280. The molecule has 1 amide bonds. The molecule has 2 heterocycles. The van der Waals surface area contributed by atoms with Crippen LogP contribution >= 0.6 is 0 Å². The summed E-state index contributed by atoms with van der Waals surface area (Å²) in [4.78, 5) is 14.5. The van der Waals surface area contributed by atoms with Gasteiger partial charge in [-0.1, -0.05) is 13.8 Å². The fraction of sp³-hybridized carbons (Fsp3) is 0.923. The maximum absolute atomic E-state index is 12.0. The summed E-state index contributed by atoms with van der Waals surface area (Å²) in [6.45, 7) is 6.53. The summed E-state index contributed by atoms with van der Waals surface area (Å²) in [6.07, 6.45) is 4.36. The number of rotatable bonds is 4. The maximum atomic E-state index is 12.0. The van der Waals surface area contributed by atoms with Crippen molar-refractivity contribution in [1.82, 2.24) is 10.2 Å². The van der Waals surface area contributed by atoms with E-state index in [1.165, 1.54) is 19.4 Å². The smallest absolute Gasteiger partial charge is 0.237 e. The van der Waals surface area contributed by atoms with Crippen molar-refractivity contribution in [2.75, 3.05) is 13.1 Å². The molecule has 2 aliphatic heterocycles. The number of hydrogen-bond acceptors (Lipinski definition) is 3. The molecule has 0 bridgehead atoms. The van der Waals surface area contributed by atoms with Crippen molar-refractivity contribution in [1.29, 1.82) is 0 Å². The van der Waals surface area contributed by atoms with E-state index >= 15 is 0 Å². The third kappa shape index (κ3) is 2.99. The van der Waals surface area contributed by atoms with E-state index in [2.05, 4.69) is 24.1 Å². The molecule has 4 nitrogen and oxygen atoms in total. The van der Waals surface area contributed by atoms with Gasteiger partial charge < -0.3 is 11.1 Å². The molecule has 0 aromatic carbocycles. The second-order valence-electron chi connectivity index (χ2n) is 5.89. The lowest BCUT2D eigenvalue weighted by Crippen LogP contribution is -2.49. The van der Waals surface area contributed by atoms with Crippen LogP contribution in [-0.2, 0) is 4.79 Å². The Hall–Kier alpha value is -0.610. The molecule has 4 heteroatoms. The first-order valence-corrected chi connectivity index (χ1v) is 6.88. The molecule has 3 unspecified atom stereocenters. The quantitative estimate of drug-likeness (QED) is 0.760. The molecule has 2 saturated heterocycles. The molecule has 3 atom stereocenters. The lowest BCUT2D eigenvalue weighted by Gasteiger charge is -2.23. The van der Waals surface area contributed by atoms with Gasteiger partial charge in [0.25, 0.3) is 0 Å². The van der Waals surface area contributed by atoms with Crippen LogP contribution in [-0.4, -0.2) is 42.0 Å². The minimum Gasteiger partial charge on any atom is -0.350 e. The molecule has 0 saturated carbocycles. The van der Waals surface area contributed by atoms with Crippen molar-refractivity contribution in [3.63, 3.8) is 0 Å². The van der Waals surface area contributed by atoms with E-state index in [0.29, 0.717) is 18.0 Å². The summed E-state index contributed by atoms with van der Waals surface area (Å²) < 4.78 is 0. The number of carbonyl (C=O) groups is 1. The predicted octanol–water partition coefficient (Wildman–Crippen LogP) is 0.713. The zero-order chi connectivity index (χ0) is 12.4. The largest absolute Gasteiger partial charge is 0.350 e. The Balaban J connectivity index is 1.82. The molecule has 2 rings (SSSR count). The van der Waals surface area contributed by atoms with Crippen LogP contribution in [0.15, 0.2) is 0 Å². The van der Waals surface area contributed by atoms with Crippen molar-refractivity contribution in [3.8, 4) is 0 Å². The van der Waals surface area contributed by atoms with Crippen LogP contribution in [0.3, 0.4) is 0 Å². The van der Waals surface area contributed by atoms with Gasteiger partial charge in [-0.2, -0.15) is 0 Å². The molecule has 2 fully saturated rings. The molecular weight excluding hydrogens is 214 g/mol. The highest BCUT2D eigenvalue weighted by Crippen LogP contribution is 2.27. The first-order valence-electron chi connectivity index (χ1n) is 6.88. The molecule has 17 heavy (non-hydrogen) atoms. The highest BCUT2D eigenvalue weighted by molar-refractivity contribution is 5.81. The van der Waals surface area contributed by atoms with Crippen molar-refractivity contribution in [3.05, 3.63) is 0 Å². The van der Waals surface area contributed by atoms with Crippen LogP contribution in [0.1, 0.15) is 39.5 Å². The third-order valence-corrected chi connectivity index (χ3v) is 4.00. The minimum atomic E-state index is -0.342. The standard InChI is InChI=1S/C13H25N3O/c1-9(2)8-10(14)13(17)15-11-5-7-16-6-3-4-12(11)16/h9-12H,3-8,14H2,1-2H3,(H,15,17). The van der Waals surface area contributed by atoms with Gasteiger partial charge in [0.1, 0.15) is 0 Å². The highest BCUT2D eigenvalue weighted by Gasteiger charge is 2.38. The number of amides is 1. The lowest BCUT2D eigenvalue weighted by atomic mass is 10.0. The van der Waals surface area contributed by atoms with E-state index in [4.69, 9.17) is 5.73 Å². The Morgan fingerprint density at radius 1 is 1.41 bits per heavy atom. The van der Waals surface area contributed by atoms with Gasteiger partial charge in [-0.3, -0.25) is 9.69 Å². The van der Waals surface area contributed by atoms with Gasteiger partial charge in [-0.05, 0) is 38.1 Å². The summed E-state index contributed by atoms with van der Waals surface area (Å²) in [5, 5.41) is 3.15. The van der Waals surface area contributed by atoms with Crippen molar-refractivity contribution >= 4 is 5.91 Å². The first kappa shape index (κ1) is 12.8. The minimum absolute atomic E-state index is 0.0393. The molecule has 0 aromatic heterocycles. The number of fused-ring (bicyclic) bond motifs is 1. The number of nitrogens with two attached hydrogens (primary N) is 1. The fourth-order valence-corrected chi connectivity index (χ4v) is 3.16. The first-order chi connectivity index (χ1) is 8.08. The van der Waals surface area contributed by atoms with Crippen LogP contribution in [0.2, 0.25) is 0 Å². The molecular formula is C13H25N3O. The summed E-state index contributed by atoms with van der Waals surface area (Å²) in [5.74, 6) is 0.514. The van der Waals surface area contributed by atoms with E-state index < -0.39 is 0 Å². The molecule has 0 radical (unpaired) electrons. The Morgan fingerprint density at radius 3 is 2.88 bits per heavy atom. The van der Waals surface area contributed by atoms with Crippen molar-refractivity contribution in [2.24, 2.45) is 11.7 Å². The fourth-order valence-electron chi connectivity index (χ4n) is 3.16. The summed E-state index contributed by atoms with van der Waals surface area (Å²) in [7, 11) is 0. The third-order valence-electron chi connectivity index (χ3n) is 4.00. The Kier molecular flexibility index (Phi) is 4.05. The monoisotopic (exact) mass is 239 g/mol. The SMILES string of the molecule is CC(C)CC(N)C(=O)NC1CCN2CCCC12. The number of nitrogens with one attached hydrogen (secondary N) is 1. The van der Waals surface area contributed by atoms with Crippen LogP contribution < -0.4 is 11.1 Å². The predicted molar refractivity (Wildman–Crippen MR) is 68.6 cm³/mol. The molecule has 0 aromatic rings. The summed E-state index contributed by atoms with van der Waals surface area (Å²) in [5.41, 5.74) is 5.91. The van der Waals surface area contributed by atoms with Gasteiger partial charge in [0.15, 0.2) is 0 Å². The van der Waals surface area contributed by atoms with E-state index in [1.54, 1.807) is 0 Å². The van der Waals surface area contributed by atoms with E-state index in [-0.39, 0.29) is 11.9 Å². The topological polar surface area (TPSA) is 58.4 Å². The zero-order valence-corrected chi connectivity index (χ0v) is 11.0. The van der Waals surface area contributed by atoms with Gasteiger partial charge in [-0.25, -0.2) is 0 Å². The molecule has 98 valence electrons. The van der Waals surface area contributed by atoms with Crippen LogP contribution in [0.25, 0.3) is 0 Å². The lowest BCUT2D eigenvalue weighted by molar-refractivity contribution is -0.123. The van der Waals surface area contributed by atoms with Gasteiger partial charge >= 0.3 is 0 Å². The van der Waals surface area contributed by atoms with Crippen LogP contribution in [0.5, 0.6) is 0 Å². The van der Waals surface area contributed by atoms with E-state index in [1.807, 2.05) is 0 Å². The molecule has 3 N–H and O–H groups in total. The highest BCUT2D eigenvalue weighted by atomic mass is 16.2. The van der Waals surface area contributed by atoms with Gasteiger partial charge in [0.2, 0.25) is 5.91 Å².